The average molecular weight is 326 g/mol. The number of anilines is 2. The van der Waals surface area contributed by atoms with Crippen LogP contribution >= 0.6 is 0 Å². The van der Waals surface area contributed by atoms with E-state index in [-0.39, 0.29) is 0 Å². The number of ether oxygens (including phenoxy) is 1. The SMILES string of the molecule is COc1ccc(CC(C)N2CCN(c3ccccn3)CC2)cc1N. The summed E-state index contributed by atoms with van der Waals surface area (Å²) in [5.74, 6) is 1.82. The summed E-state index contributed by atoms with van der Waals surface area (Å²) >= 11 is 0. The molecule has 128 valence electrons. The Bertz CT molecular complexity index is 654. The molecule has 0 saturated carbocycles. The van der Waals surface area contributed by atoms with E-state index < -0.39 is 0 Å². The van der Waals surface area contributed by atoms with Gasteiger partial charge >= 0.3 is 0 Å². The standard InChI is InChI=1S/C19H26N4O/c1-15(13-16-6-7-18(24-2)17(20)14-16)22-9-11-23(12-10-22)19-5-3-4-8-21-19/h3-8,14-15H,9-13,20H2,1-2H3. The van der Waals surface area contributed by atoms with Crippen LogP contribution in [0.3, 0.4) is 0 Å². The number of methoxy groups -OCH3 is 1. The highest BCUT2D eigenvalue weighted by Gasteiger charge is 2.22. The number of nitrogens with zero attached hydrogens (tertiary/aromatic N) is 3. The van der Waals surface area contributed by atoms with Gasteiger partial charge in [-0.05, 0) is 43.2 Å². The van der Waals surface area contributed by atoms with Crippen LogP contribution in [0.2, 0.25) is 0 Å². The topological polar surface area (TPSA) is 54.6 Å². The first-order valence-electron chi connectivity index (χ1n) is 8.50. The predicted molar refractivity (Wildman–Crippen MR) is 98.6 cm³/mol. The number of nitrogens with two attached hydrogens (primary N) is 1. The first-order valence-corrected chi connectivity index (χ1v) is 8.50. The van der Waals surface area contributed by atoms with Crippen molar-refractivity contribution in [3.8, 4) is 5.75 Å². The van der Waals surface area contributed by atoms with E-state index in [1.807, 2.05) is 30.5 Å². The van der Waals surface area contributed by atoms with Crippen molar-refractivity contribution >= 4 is 11.5 Å². The third-order valence-corrected chi connectivity index (χ3v) is 4.74. The third kappa shape index (κ3) is 3.79. The van der Waals surface area contributed by atoms with Crippen LogP contribution in [-0.4, -0.2) is 49.2 Å². The molecule has 3 rings (SSSR count). The minimum Gasteiger partial charge on any atom is -0.495 e. The predicted octanol–water partition coefficient (Wildman–Crippen LogP) is 2.43. The number of pyridine rings is 1. The lowest BCUT2D eigenvalue weighted by molar-refractivity contribution is 0.195. The van der Waals surface area contributed by atoms with Crippen LogP contribution in [0.1, 0.15) is 12.5 Å². The zero-order chi connectivity index (χ0) is 16.9. The van der Waals surface area contributed by atoms with Crippen molar-refractivity contribution in [1.82, 2.24) is 9.88 Å². The Hall–Kier alpha value is -2.27. The summed E-state index contributed by atoms with van der Waals surface area (Å²) in [4.78, 5) is 9.34. The second-order valence-electron chi connectivity index (χ2n) is 6.34. The van der Waals surface area contributed by atoms with Crippen LogP contribution in [0, 0.1) is 0 Å². The summed E-state index contributed by atoms with van der Waals surface area (Å²) in [5, 5.41) is 0. The molecule has 0 aliphatic carbocycles. The van der Waals surface area contributed by atoms with E-state index in [4.69, 9.17) is 10.5 Å². The molecule has 24 heavy (non-hydrogen) atoms. The zero-order valence-corrected chi connectivity index (χ0v) is 14.5. The van der Waals surface area contributed by atoms with Gasteiger partial charge in [-0.3, -0.25) is 4.90 Å². The monoisotopic (exact) mass is 326 g/mol. The van der Waals surface area contributed by atoms with Crippen molar-refractivity contribution in [3.63, 3.8) is 0 Å². The van der Waals surface area contributed by atoms with Gasteiger partial charge in [0.2, 0.25) is 0 Å². The first kappa shape index (κ1) is 16.6. The summed E-state index contributed by atoms with van der Waals surface area (Å²) in [7, 11) is 1.65. The van der Waals surface area contributed by atoms with Gasteiger partial charge in [-0.15, -0.1) is 0 Å². The number of nitrogen functional groups attached to an aromatic ring is 1. The van der Waals surface area contributed by atoms with Gasteiger partial charge in [0.1, 0.15) is 11.6 Å². The average Bonchev–Trinajstić information content (AvgIpc) is 2.63. The van der Waals surface area contributed by atoms with Crippen molar-refractivity contribution in [1.29, 1.82) is 0 Å². The van der Waals surface area contributed by atoms with Gasteiger partial charge in [-0.2, -0.15) is 0 Å². The molecule has 1 fully saturated rings. The van der Waals surface area contributed by atoms with Gasteiger partial charge in [-0.1, -0.05) is 12.1 Å². The van der Waals surface area contributed by atoms with Crippen molar-refractivity contribution in [3.05, 3.63) is 48.2 Å². The molecule has 1 aliphatic heterocycles. The van der Waals surface area contributed by atoms with E-state index in [0.717, 1.165) is 44.2 Å². The molecule has 5 heteroatoms. The molecule has 1 unspecified atom stereocenters. The Labute approximate surface area is 144 Å². The molecule has 2 aromatic rings. The van der Waals surface area contributed by atoms with Crippen LogP contribution in [0.4, 0.5) is 11.5 Å². The van der Waals surface area contributed by atoms with Gasteiger partial charge in [-0.25, -0.2) is 4.98 Å². The van der Waals surface area contributed by atoms with Crippen LogP contribution in [0.15, 0.2) is 42.6 Å². The Kier molecular flexibility index (Phi) is 5.20. The van der Waals surface area contributed by atoms with E-state index in [1.165, 1.54) is 5.56 Å². The Morgan fingerprint density at radius 2 is 1.96 bits per heavy atom. The van der Waals surface area contributed by atoms with Crippen molar-refractivity contribution < 1.29 is 4.74 Å². The molecule has 0 amide bonds. The van der Waals surface area contributed by atoms with E-state index in [1.54, 1.807) is 7.11 Å². The number of benzene rings is 1. The lowest BCUT2D eigenvalue weighted by Gasteiger charge is -2.38. The quantitative estimate of drug-likeness (QED) is 0.855. The molecule has 1 atom stereocenters. The molecular formula is C19H26N4O. The number of aromatic nitrogens is 1. The summed E-state index contributed by atoms with van der Waals surface area (Å²) in [5.41, 5.74) is 7.98. The van der Waals surface area contributed by atoms with Crippen LogP contribution in [0.5, 0.6) is 5.75 Å². The first-order chi connectivity index (χ1) is 11.7. The molecule has 0 radical (unpaired) electrons. The Morgan fingerprint density at radius 3 is 2.58 bits per heavy atom. The molecule has 5 nitrogen and oxygen atoms in total. The fraction of sp³-hybridized carbons (Fsp3) is 0.421. The Balaban J connectivity index is 1.55. The third-order valence-electron chi connectivity index (χ3n) is 4.74. The fourth-order valence-electron chi connectivity index (χ4n) is 3.31. The molecule has 2 heterocycles. The fourth-order valence-corrected chi connectivity index (χ4v) is 3.31. The summed E-state index contributed by atoms with van der Waals surface area (Å²) in [6, 6.07) is 12.7. The molecule has 2 N–H and O–H groups in total. The zero-order valence-electron chi connectivity index (χ0n) is 14.5. The molecular weight excluding hydrogens is 300 g/mol. The number of hydrogen-bond acceptors (Lipinski definition) is 5. The van der Waals surface area contributed by atoms with Crippen molar-refractivity contribution in [2.24, 2.45) is 0 Å². The minimum atomic E-state index is 0.490. The molecule has 1 saturated heterocycles. The minimum absolute atomic E-state index is 0.490. The number of rotatable bonds is 5. The lowest BCUT2D eigenvalue weighted by atomic mass is 10.0. The van der Waals surface area contributed by atoms with Gasteiger partial charge < -0.3 is 15.4 Å². The van der Waals surface area contributed by atoms with Crippen molar-refractivity contribution in [2.75, 3.05) is 43.9 Å². The van der Waals surface area contributed by atoms with Crippen LogP contribution in [-0.2, 0) is 6.42 Å². The summed E-state index contributed by atoms with van der Waals surface area (Å²) in [6.45, 7) is 6.45. The highest BCUT2D eigenvalue weighted by Crippen LogP contribution is 2.23. The summed E-state index contributed by atoms with van der Waals surface area (Å²) < 4.78 is 5.23. The largest absolute Gasteiger partial charge is 0.495 e. The van der Waals surface area contributed by atoms with E-state index >= 15 is 0 Å². The second-order valence-corrected chi connectivity index (χ2v) is 6.34. The number of piperazine rings is 1. The molecule has 0 spiro atoms. The van der Waals surface area contributed by atoms with Crippen LogP contribution in [0.25, 0.3) is 0 Å². The lowest BCUT2D eigenvalue weighted by Crippen LogP contribution is -2.50. The van der Waals surface area contributed by atoms with Gasteiger partial charge in [0, 0.05) is 38.4 Å². The highest BCUT2D eigenvalue weighted by atomic mass is 16.5. The van der Waals surface area contributed by atoms with E-state index in [9.17, 15) is 0 Å². The van der Waals surface area contributed by atoms with Crippen molar-refractivity contribution in [2.45, 2.75) is 19.4 Å². The number of hydrogen-bond donors (Lipinski definition) is 1. The summed E-state index contributed by atoms with van der Waals surface area (Å²) in [6.07, 6.45) is 2.86. The van der Waals surface area contributed by atoms with Gasteiger partial charge in [0.05, 0.1) is 12.8 Å². The molecule has 1 aliphatic rings. The molecule has 1 aromatic heterocycles. The maximum absolute atomic E-state index is 6.02. The normalized spacial score (nSPS) is 16.8. The Morgan fingerprint density at radius 1 is 1.17 bits per heavy atom. The van der Waals surface area contributed by atoms with Gasteiger partial charge in [0.15, 0.2) is 0 Å². The maximum atomic E-state index is 6.02. The molecule has 0 bridgehead atoms. The van der Waals surface area contributed by atoms with Crippen LogP contribution < -0.4 is 15.4 Å². The molecule has 1 aromatic carbocycles. The van der Waals surface area contributed by atoms with E-state index in [0.29, 0.717) is 11.7 Å². The smallest absolute Gasteiger partial charge is 0.141 e. The highest BCUT2D eigenvalue weighted by molar-refractivity contribution is 5.54. The maximum Gasteiger partial charge on any atom is 0.141 e. The second kappa shape index (κ2) is 7.53. The van der Waals surface area contributed by atoms with E-state index in [2.05, 4.69) is 33.8 Å². The van der Waals surface area contributed by atoms with Gasteiger partial charge in [0.25, 0.3) is 0 Å².